The Morgan fingerprint density at radius 1 is 1.67 bits per heavy atom. The molecule has 0 saturated carbocycles. The van der Waals surface area contributed by atoms with Crippen LogP contribution in [0.1, 0.15) is 11.4 Å². The summed E-state index contributed by atoms with van der Waals surface area (Å²) < 4.78 is 0. The number of urea groups is 1. The Morgan fingerprint density at radius 2 is 2.39 bits per heavy atom. The van der Waals surface area contributed by atoms with Gasteiger partial charge in [-0.05, 0) is 6.92 Å². The Labute approximate surface area is 108 Å². The second-order valence-corrected chi connectivity index (χ2v) is 3.76. The van der Waals surface area contributed by atoms with Crippen molar-refractivity contribution < 1.29 is 4.79 Å². The summed E-state index contributed by atoms with van der Waals surface area (Å²) >= 11 is 5.42. The standard InChI is InChI=1S/C9H13ClN6O2/c1-6-12-4-7(8(11)14-6)5-13-9(17)16(15-18)3-2-10/h4H,2-3,5H2,1H3,(H,13,17)(H2,11,12,14). The molecular weight excluding hydrogens is 260 g/mol. The number of carbonyl (C=O) groups excluding carboxylic acids is 1. The van der Waals surface area contributed by atoms with E-state index in [4.69, 9.17) is 17.3 Å². The zero-order valence-electron chi connectivity index (χ0n) is 9.76. The van der Waals surface area contributed by atoms with Crippen molar-refractivity contribution in [3.8, 4) is 0 Å². The number of carbonyl (C=O) groups is 1. The number of alkyl halides is 1. The quantitative estimate of drug-likeness (QED) is 0.467. The number of anilines is 1. The molecule has 2 amide bonds. The fourth-order valence-electron chi connectivity index (χ4n) is 1.17. The van der Waals surface area contributed by atoms with E-state index in [-0.39, 0.29) is 24.8 Å². The number of rotatable bonds is 5. The number of halogens is 1. The van der Waals surface area contributed by atoms with E-state index in [0.29, 0.717) is 16.4 Å². The van der Waals surface area contributed by atoms with Crippen LogP contribution in [0.3, 0.4) is 0 Å². The Bertz CT molecular complexity index is 441. The summed E-state index contributed by atoms with van der Waals surface area (Å²) in [5.74, 6) is 0.946. The minimum atomic E-state index is -0.648. The van der Waals surface area contributed by atoms with E-state index in [1.165, 1.54) is 6.20 Å². The van der Waals surface area contributed by atoms with Gasteiger partial charge in [-0.3, -0.25) is 0 Å². The number of hydrogen-bond acceptors (Lipinski definition) is 6. The summed E-state index contributed by atoms with van der Waals surface area (Å²) in [6.07, 6.45) is 1.51. The number of nitrogens with zero attached hydrogens (tertiary/aromatic N) is 4. The van der Waals surface area contributed by atoms with Crippen LogP contribution >= 0.6 is 11.6 Å². The molecule has 18 heavy (non-hydrogen) atoms. The molecule has 1 aromatic heterocycles. The third-order valence-corrected chi connectivity index (χ3v) is 2.25. The molecular formula is C9H13ClN6O2. The molecule has 0 aliphatic rings. The lowest BCUT2D eigenvalue weighted by Gasteiger charge is -2.13. The summed E-state index contributed by atoms with van der Waals surface area (Å²) in [6, 6.07) is -0.648. The molecule has 8 nitrogen and oxygen atoms in total. The molecule has 1 heterocycles. The molecule has 0 aliphatic carbocycles. The predicted octanol–water partition coefficient (Wildman–Crippen LogP) is 0.799. The highest BCUT2D eigenvalue weighted by molar-refractivity contribution is 6.18. The van der Waals surface area contributed by atoms with Crippen molar-refractivity contribution in [1.82, 2.24) is 20.3 Å². The number of nitrogens with two attached hydrogens (primary N) is 1. The highest BCUT2D eigenvalue weighted by Crippen LogP contribution is 2.06. The Hall–Kier alpha value is -1.96. The Morgan fingerprint density at radius 3 is 2.94 bits per heavy atom. The van der Waals surface area contributed by atoms with E-state index in [0.717, 1.165) is 0 Å². The fraction of sp³-hybridized carbons (Fsp3) is 0.444. The van der Waals surface area contributed by atoms with Crippen LogP contribution in [-0.2, 0) is 6.54 Å². The maximum atomic E-state index is 11.5. The van der Waals surface area contributed by atoms with E-state index in [1.807, 2.05) is 0 Å². The van der Waals surface area contributed by atoms with Gasteiger partial charge in [0.1, 0.15) is 11.6 Å². The lowest BCUT2D eigenvalue weighted by Crippen LogP contribution is -2.37. The fourth-order valence-corrected chi connectivity index (χ4v) is 1.33. The first-order valence-corrected chi connectivity index (χ1v) is 5.64. The van der Waals surface area contributed by atoms with E-state index in [2.05, 4.69) is 20.6 Å². The molecule has 0 aromatic carbocycles. The SMILES string of the molecule is Cc1ncc(CNC(=O)N(CCCl)N=O)c(N)n1. The molecule has 3 N–H and O–H groups in total. The van der Waals surface area contributed by atoms with Crippen molar-refractivity contribution in [2.24, 2.45) is 5.29 Å². The smallest absolute Gasteiger partial charge is 0.340 e. The van der Waals surface area contributed by atoms with E-state index in [9.17, 15) is 9.70 Å². The summed E-state index contributed by atoms with van der Waals surface area (Å²) in [5, 5.41) is 5.71. The monoisotopic (exact) mass is 272 g/mol. The molecule has 0 spiro atoms. The van der Waals surface area contributed by atoms with Crippen molar-refractivity contribution in [3.63, 3.8) is 0 Å². The molecule has 0 bridgehead atoms. The van der Waals surface area contributed by atoms with Crippen LogP contribution in [-0.4, -0.2) is 33.4 Å². The zero-order valence-corrected chi connectivity index (χ0v) is 10.5. The Kier molecular flexibility index (Phi) is 5.25. The molecule has 98 valence electrons. The summed E-state index contributed by atoms with van der Waals surface area (Å²) in [4.78, 5) is 29.8. The van der Waals surface area contributed by atoms with Crippen LogP contribution < -0.4 is 11.1 Å². The van der Waals surface area contributed by atoms with Crippen molar-refractivity contribution in [2.45, 2.75) is 13.5 Å². The van der Waals surface area contributed by atoms with Crippen LogP contribution in [0.4, 0.5) is 10.6 Å². The van der Waals surface area contributed by atoms with Crippen molar-refractivity contribution >= 4 is 23.4 Å². The number of amides is 2. The summed E-state index contributed by atoms with van der Waals surface area (Å²) in [6.45, 7) is 1.85. The zero-order chi connectivity index (χ0) is 13.5. The van der Waals surface area contributed by atoms with E-state index >= 15 is 0 Å². The second-order valence-electron chi connectivity index (χ2n) is 3.38. The van der Waals surface area contributed by atoms with Crippen LogP contribution in [0.2, 0.25) is 0 Å². The molecule has 1 rings (SSSR count). The summed E-state index contributed by atoms with van der Waals surface area (Å²) in [7, 11) is 0. The number of aromatic nitrogens is 2. The number of nitrogen functional groups attached to an aromatic ring is 1. The van der Waals surface area contributed by atoms with Crippen molar-refractivity contribution in [2.75, 3.05) is 18.2 Å². The van der Waals surface area contributed by atoms with Gasteiger partial charge in [-0.1, -0.05) is 0 Å². The summed E-state index contributed by atoms with van der Waals surface area (Å²) in [5.41, 5.74) is 6.21. The van der Waals surface area contributed by atoms with Crippen LogP contribution in [0.25, 0.3) is 0 Å². The van der Waals surface area contributed by atoms with Gasteiger partial charge in [-0.25, -0.2) is 14.8 Å². The average molecular weight is 273 g/mol. The minimum Gasteiger partial charge on any atom is -0.383 e. The van der Waals surface area contributed by atoms with Crippen LogP contribution in [0.15, 0.2) is 11.5 Å². The Balaban J connectivity index is 2.59. The normalized spacial score (nSPS) is 9.89. The maximum Gasteiger partial charge on any atom is 0.340 e. The molecule has 0 radical (unpaired) electrons. The van der Waals surface area contributed by atoms with Gasteiger partial charge in [-0.2, -0.15) is 5.01 Å². The molecule has 1 aromatic rings. The molecule has 9 heteroatoms. The molecule has 0 fully saturated rings. The van der Waals surface area contributed by atoms with Crippen LogP contribution in [0, 0.1) is 11.8 Å². The minimum absolute atomic E-state index is 0.0385. The van der Waals surface area contributed by atoms with Gasteiger partial charge in [0.25, 0.3) is 0 Å². The lowest BCUT2D eigenvalue weighted by molar-refractivity contribution is 0.202. The first kappa shape index (κ1) is 14.1. The van der Waals surface area contributed by atoms with Gasteiger partial charge in [0.2, 0.25) is 0 Å². The second kappa shape index (κ2) is 6.70. The van der Waals surface area contributed by atoms with Gasteiger partial charge in [0.15, 0.2) is 0 Å². The van der Waals surface area contributed by atoms with Crippen molar-refractivity contribution in [3.05, 3.63) is 22.5 Å². The van der Waals surface area contributed by atoms with Gasteiger partial charge < -0.3 is 11.1 Å². The first-order chi connectivity index (χ1) is 8.58. The molecule has 0 atom stereocenters. The largest absolute Gasteiger partial charge is 0.383 e. The number of aryl methyl sites for hydroxylation is 1. The van der Waals surface area contributed by atoms with Crippen molar-refractivity contribution in [1.29, 1.82) is 0 Å². The highest BCUT2D eigenvalue weighted by Gasteiger charge is 2.13. The molecule has 0 saturated heterocycles. The maximum absolute atomic E-state index is 11.5. The first-order valence-electron chi connectivity index (χ1n) is 5.11. The van der Waals surface area contributed by atoms with Gasteiger partial charge in [0, 0.05) is 24.2 Å². The third kappa shape index (κ3) is 3.81. The van der Waals surface area contributed by atoms with Gasteiger partial charge >= 0.3 is 6.03 Å². The molecule has 0 aliphatic heterocycles. The molecule has 0 unspecified atom stereocenters. The third-order valence-electron chi connectivity index (χ3n) is 2.08. The van der Waals surface area contributed by atoms with Crippen LogP contribution in [0.5, 0.6) is 0 Å². The lowest BCUT2D eigenvalue weighted by atomic mass is 10.3. The van der Waals surface area contributed by atoms with Gasteiger partial charge in [0.05, 0.1) is 11.8 Å². The van der Waals surface area contributed by atoms with Gasteiger partial charge in [-0.15, -0.1) is 16.5 Å². The number of nitroso groups, excluding NO2 is 1. The predicted molar refractivity (Wildman–Crippen MR) is 66.6 cm³/mol. The average Bonchev–Trinajstić information content (AvgIpc) is 2.34. The van der Waals surface area contributed by atoms with E-state index < -0.39 is 6.03 Å². The van der Waals surface area contributed by atoms with E-state index in [1.54, 1.807) is 6.92 Å². The number of nitrogens with one attached hydrogen (secondary N) is 1. The number of hydrogen-bond donors (Lipinski definition) is 2. The highest BCUT2D eigenvalue weighted by atomic mass is 35.5. The topological polar surface area (TPSA) is 114 Å².